The number of carbonyl (C=O) groups excluding carboxylic acids is 2. The predicted molar refractivity (Wildman–Crippen MR) is 128 cm³/mol. The van der Waals surface area contributed by atoms with Crippen LogP contribution in [0.3, 0.4) is 0 Å². The zero-order valence-electron chi connectivity index (χ0n) is 21.4. The van der Waals surface area contributed by atoms with Crippen molar-refractivity contribution in [2.45, 2.75) is 118 Å². The van der Waals surface area contributed by atoms with Crippen molar-refractivity contribution in [3.8, 4) is 0 Å². The molecule has 4 nitrogen and oxygen atoms in total. The summed E-state index contributed by atoms with van der Waals surface area (Å²) < 4.78 is 0. The Kier molecular flexibility index (Phi) is 5.12. The molecule has 180 valence electrons. The number of nitrogens with one attached hydrogen (secondary N) is 2. The lowest BCUT2D eigenvalue weighted by Crippen LogP contribution is -2.57. The fourth-order valence-corrected chi connectivity index (χ4v) is 9.24. The van der Waals surface area contributed by atoms with Gasteiger partial charge in [0.25, 0.3) is 0 Å². The fourth-order valence-electron chi connectivity index (χ4n) is 9.24. The second kappa shape index (κ2) is 7.22. The first-order valence-electron chi connectivity index (χ1n) is 13.5. The molecule has 0 heterocycles. The van der Waals surface area contributed by atoms with Crippen LogP contribution in [0.15, 0.2) is 0 Å². The van der Waals surface area contributed by atoms with E-state index >= 15 is 0 Å². The highest BCUT2D eigenvalue weighted by atomic mass is 16.2. The van der Waals surface area contributed by atoms with Crippen molar-refractivity contribution in [1.29, 1.82) is 0 Å². The largest absolute Gasteiger partial charge is 0.351 e. The highest BCUT2D eigenvalue weighted by Crippen LogP contribution is 2.69. The molecule has 32 heavy (non-hydrogen) atoms. The lowest BCUT2D eigenvalue weighted by Gasteiger charge is -2.41. The highest BCUT2D eigenvalue weighted by Gasteiger charge is 2.64. The highest BCUT2D eigenvalue weighted by molar-refractivity contribution is 5.82. The molecule has 2 amide bonds. The van der Waals surface area contributed by atoms with E-state index in [1.807, 2.05) is 0 Å². The molecule has 0 aromatic rings. The van der Waals surface area contributed by atoms with Crippen LogP contribution in [-0.2, 0) is 9.59 Å². The summed E-state index contributed by atoms with van der Waals surface area (Å²) in [5.41, 5.74) is 0.718. The van der Waals surface area contributed by atoms with E-state index in [1.54, 1.807) is 0 Å². The summed E-state index contributed by atoms with van der Waals surface area (Å²) in [6, 6.07) is 0.177. The third kappa shape index (κ3) is 2.92. The molecule has 5 rings (SSSR count). The van der Waals surface area contributed by atoms with E-state index in [0.29, 0.717) is 11.8 Å². The summed E-state index contributed by atoms with van der Waals surface area (Å²) in [6.07, 6.45) is 11.2. The van der Waals surface area contributed by atoms with Crippen LogP contribution in [-0.4, -0.2) is 23.9 Å². The van der Waals surface area contributed by atoms with E-state index in [9.17, 15) is 9.59 Å². The predicted octanol–water partition coefficient (Wildman–Crippen LogP) is 5.45. The topological polar surface area (TPSA) is 58.2 Å². The Balaban J connectivity index is 1.25. The van der Waals surface area contributed by atoms with E-state index < -0.39 is 0 Å². The van der Waals surface area contributed by atoms with Crippen LogP contribution >= 0.6 is 0 Å². The van der Waals surface area contributed by atoms with Crippen LogP contribution in [0.25, 0.3) is 0 Å². The van der Waals surface area contributed by atoms with Gasteiger partial charge < -0.3 is 10.6 Å². The Hall–Kier alpha value is -1.06. The maximum Gasteiger partial charge on any atom is 0.223 e. The van der Waals surface area contributed by atoms with Gasteiger partial charge in [0.05, 0.1) is 0 Å². The molecule has 0 aromatic carbocycles. The standard InChI is InChI=1S/C28H46N2O2/c1-25(2)17-11-13-27(25,5)19(15-17)23(31)29-21-9-7-8-10-22(21)30-24(32)20-16-18-12-14-28(20,6)26(18,3)4/h17-22H,7-16H2,1-6H3,(H,29,31)(H,30,32). The van der Waals surface area contributed by atoms with Crippen molar-refractivity contribution in [3.05, 3.63) is 0 Å². The Bertz CT molecular complexity index is 737. The van der Waals surface area contributed by atoms with Crippen molar-refractivity contribution in [2.75, 3.05) is 0 Å². The van der Waals surface area contributed by atoms with Gasteiger partial charge in [-0.15, -0.1) is 0 Å². The molecule has 5 aliphatic carbocycles. The zero-order valence-corrected chi connectivity index (χ0v) is 21.4. The summed E-state index contributed by atoms with van der Waals surface area (Å²) in [7, 11) is 0. The van der Waals surface area contributed by atoms with Crippen LogP contribution in [0.2, 0.25) is 0 Å². The fraction of sp³-hybridized carbons (Fsp3) is 0.929. The van der Waals surface area contributed by atoms with Crippen LogP contribution < -0.4 is 10.6 Å². The molecule has 0 aromatic heterocycles. The summed E-state index contributed by atoms with van der Waals surface area (Å²) >= 11 is 0. The molecule has 5 fully saturated rings. The van der Waals surface area contributed by atoms with Gasteiger partial charge in [-0.3, -0.25) is 9.59 Å². The molecule has 0 radical (unpaired) electrons. The Morgan fingerprint density at radius 2 is 1.00 bits per heavy atom. The molecule has 2 N–H and O–H groups in total. The quantitative estimate of drug-likeness (QED) is 0.608. The van der Waals surface area contributed by atoms with Gasteiger partial charge in [0.15, 0.2) is 0 Å². The maximum atomic E-state index is 13.5. The molecule has 5 aliphatic rings. The molecular weight excluding hydrogens is 396 g/mol. The lowest BCUT2D eigenvalue weighted by molar-refractivity contribution is -0.133. The number of carbonyl (C=O) groups is 2. The number of rotatable bonds is 4. The zero-order chi connectivity index (χ0) is 23.1. The molecule has 0 spiro atoms. The maximum absolute atomic E-state index is 13.5. The minimum atomic E-state index is 0.0884. The van der Waals surface area contributed by atoms with Crippen molar-refractivity contribution >= 4 is 11.8 Å². The molecule has 0 saturated heterocycles. The van der Waals surface area contributed by atoms with Gasteiger partial charge in [0, 0.05) is 23.9 Å². The summed E-state index contributed by atoms with van der Waals surface area (Å²) in [5.74, 6) is 2.10. The number of hydrogen-bond donors (Lipinski definition) is 2. The van der Waals surface area contributed by atoms with Gasteiger partial charge in [-0.1, -0.05) is 54.4 Å². The van der Waals surface area contributed by atoms with E-state index in [0.717, 1.165) is 38.5 Å². The third-order valence-corrected chi connectivity index (χ3v) is 12.6. The smallest absolute Gasteiger partial charge is 0.223 e. The van der Waals surface area contributed by atoms with Crippen molar-refractivity contribution in [2.24, 2.45) is 45.3 Å². The average molecular weight is 443 g/mol. The number of amides is 2. The Morgan fingerprint density at radius 1 is 0.625 bits per heavy atom. The van der Waals surface area contributed by atoms with Gasteiger partial charge in [-0.05, 0) is 84.9 Å². The van der Waals surface area contributed by atoms with E-state index in [4.69, 9.17) is 0 Å². The lowest BCUT2D eigenvalue weighted by atomic mass is 9.66. The molecule has 0 aliphatic heterocycles. The number of hydrogen-bond acceptors (Lipinski definition) is 2. The van der Waals surface area contributed by atoms with Crippen molar-refractivity contribution in [1.82, 2.24) is 10.6 Å². The van der Waals surface area contributed by atoms with Crippen molar-refractivity contribution in [3.63, 3.8) is 0 Å². The van der Waals surface area contributed by atoms with Crippen LogP contribution in [0.4, 0.5) is 0 Å². The summed E-state index contributed by atoms with van der Waals surface area (Å²) in [4.78, 5) is 27.0. The SMILES string of the molecule is CC1(C)C2CCC1(C)C(C(=O)NC1CCCCC1NC(=O)C1CC3CCC1(C)C3(C)C)C2. The average Bonchev–Trinajstić information content (AvgIpc) is 3.26. The second-order valence-corrected chi connectivity index (χ2v) is 13.8. The van der Waals surface area contributed by atoms with Crippen LogP contribution in [0.5, 0.6) is 0 Å². The normalized spacial score (nSPS) is 48.1. The minimum absolute atomic E-state index is 0.0884. The Morgan fingerprint density at radius 3 is 1.28 bits per heavy atom. The Labute approximate surface area is 195 Å². The van der Waals surface area contributed by atoms with Crippen molar-refractivity contribution < 1.29 is 9.59 Å². The van der Waals surface area contributed by atoms with Gasteiger partial charge >= 0.3 is 0 Å². The van der Waals surface area contributed by atoms with E-state index in [-0.39, 0.29) is 57.4 Å². The summed E-state index contributed by atoms with van der Waals surface area (Å²) in [5, 5.41) is 6.92. The third-order valence-electron chi connectivity index (χ3n) is 12.6. The minimum Gasteiger partial charge on any atom is -0.351 e. The molecule has 4 bridgehead atoms. The van der Waals surface area contributed by atoms with Gasteiger partial charge in [-0.25, -0.2) is 0 Å². The molecule has 4 heteroatoms. The van der Waals surface area contributed by atoms with Gasteiger partial charge in [0.2, 0.25) is 11.8 Å². The summed E-state index contributed by atoms with van der Waals surface area (Å²) in [6.45, 7) is 14.2. The molecule has 8 atom stereocenters. The van der Waals surface area contributed by atoms with E-state index in [2.05, 4.69) is 52.2 Å². The van der Waals surface area contributed by atoms with Crippen LogP contribution in [0.1, 0.15) is 106 Å². The number of fused-ring (bicyclic) bond motifs is 4. The van der Waals surface area contributed by atoms with Gasteiger partial charge in [-0.2, -0.15) is 0 Å². The molecular formula is C28H46N2O2. The first-order valence-corrected chi connectivity index (χ1v) is 13.5. The molecule has 5 saturated carbocycles. The van der Waals surface area contributed by atoms with Crippen LogP contribution in [0, 0.1) is 45.3 Å². The first-order chi connectivity index (χ1) is 14.9. The monoisotopic (exact) mass is 442 g/mol. The van der Waals surface area contributed by atoms with Gasteiger partial charge in [0.1, 0.15) is 0 Å². The second-order valence-electron chi connectivity index (χ2n) is 13.8. The first kappa shape index (κ1) is 22.7. The van der Waals surface area contributed by atoms with E-state index in [1.165, 1.54) is 25.7 Å². The molecule has 8 unspecified atom stereocenters.